The van der Waals surface area contributed by atoms with E-state index in [0.29, 0.717) is 12.1 Å². The van der Waals surface area contributed by atoms with Crippen molar-refractivity contribution < 1.29 is 29.6 Å². The van der Waals surface area contributed by atoms with E-state index in [1.807, 2.05) is 35.9 Å². The molecular weight excluding hydrogens is 377 g/mol. The molecule has 7 heteroatoms. The number of fused-ring (bicyclic) bond motifs is 1. The second-order valence-corrected chi connectivity index (χ2v) is 7.61. The van der Waals surface area contributed by atoms with Crippen molar-refractivity contribution in [3.63, 3.8) is 0 Å². The predicted molar refractivity (Wildman–Crippen MR) is 105 cm³/mol. The number of aromatic nitrogens is 1. The molecule has 1 aliphatic heterocycles. The molecular formula is C22H24FNO5. The van der Waals surface area contributed by atoms with Crippen LogP contribution in [0.15, 0.2) is 48.7 Å². The lowest BCUT2D eigenvalue weighted by molar-refractivity contribution is -0.231. The number of halogens is 1. The zero-order valence-corrected chi connectivity index (χ0v) is 15.9. The number of hydrogen-bond donors (Lipinski definition) is 4. The van der Waals surface area contributed by atoms with Gasteiger partial charge in [0.2, 0.25) is 0 Å². The number of aliphatic hydroxyl groups is 4. The summed E-state index contributed by atoms with van der Waals surface area (Å²) in [6.07, 6.45) is -4.24. The van der Waals surface area contributed by atoms with E-state index in [9.17, 15) is 24.8 Å². The van der Waals surface area contributed by atoms with Crippen LogP contribution in [0, 0.1) is 12.7 Å². The van der Waals surface area contributed by atoms with Gasteiger partial charge in [0.25, 0.3) is 0 Å². The zero-order chi connectivity index (χ0) is 20.7. The molecule has 0 unspecified atom stereocenters. The largest absolute Gasteiger partial charge is 0.394 e. The summed E-state index contributed by atoms with van der Waals surface area (Å²) in [6.45, 7) is 1.96. The number of rotatable bonds is 4. The average Bonchev–Trinajstić information content (AvgIpc) is 3.05. The van der Waals surface area contributed by atoms with Crippen molar-refractivity contribution in [3.05, 3.63) is 71.2 Å². The normalized spacial score (nSPS) is 27.4. The van der Waals surface area contributed by atoms with Gasteiger partial charge in [-0.25, -0.2) is 4.39 Å². The van der Waals surface area contributed by atoms with Crippen LogP contribution in [-0.4, -0.2) is 56.0 Å². The third kappa shape index (κ3) is 3.68. The number of hydrogen-bond acceptors (Lipinski definition) is 5. The molecule has 1 aromatic heterocycles. The van der Waals surface area contributed by atoms with Gasteiger partial charge in [-0.2, -0.15) is 0 Å². The molecule has 154 valence electrons. The fourth-order valence-corrected chi connectivity index (χ4v) is 3.94. The van der Waals surface area contributed by atoms with Crippen molar-refractivity contribution in [2.24, 2.45) is 0 Å². The van der Waals surface area contributed by atoms with Crippen LogP contribution in [-0.2, 0) is 11.3 Å². The van der Waals surface area contributed by atoms with Crippen molar-refractivity contribution in [1.82, 2.24) is 4.57 Å². The van der Waals surface area contributed by atoms with Gasteiger partial charge in [0, 0.05) is 29.2 Å². The van der Waals surface area contributed by atoms with E-state index in [-0.39, 0.29) is 5.82 Å². The van der Waals surface area contributed by atoms with Gasteiger partial charge in [-0.15, -0.1) is 0 Å². The van der Waals surface area contributed by atoms with Crippen molar-refractivity contribution in [2.75, 3.05) is 6.61 Å². The summed E-state index contributed by atoms with van der Waals surface area (Å²) in [6, 6.07) is 12.1. The molecule has 0 amide bonds. The van der Waals surface area contributed by atoms with E-state index < -0.39 is 37.1 Å². The van der Waals surface area contributed by atoms with Gasteiger partial charge in [-0.05, 0) is 36.8 Å². The highest BCUT2D eigenvalue weighted by atomic mass is 19.1. The molecule has 4 rings (SSSR count). The quantitative estimate of drug-likeness (QED) is 0.533. The highest BCUT2D eigenvalue weighted by Gasteiger charge is 2.44. The maximum atomic E-state index is 13.2. The van der Waals surface area contributed by atoms with Gasteiger partial charge in [-0.1, -0.05) is 23.8 Å². The molecule has 0 aliphatic carbocycles. The Hall–Kier alpha value is -2.29. The summed E-state index contributed by atoms with van der Waals surface area (Å²) in [4.78, 5) is 0. The zero-order valence-electron chi connectivity index (χ0n) is 15.9. The molecule has 2 heterocycles. The third-order valence-electron chi connectivity index (χ3n) is 5.53. The van der Waals surface area contributed by atoms with Gasteiger partial charge in [-0.3, -0.25) is 0 Å². The van der Waals surface area contributed by atoms with E-state index in [1.165, 1.54) is 12.1 Å². The van der Waals surface area contributed by atoms with Gasteiger partial charge in [0.15, 0.2) is 0 Å². The summed E-state index contributed by atoms with van der Waals surface area (Å²) in [5.74, 6) is -0.302. The molecule has 0 bridgehead atoms. The molecule has 0 spiro atoms. The Kier molecular flexibility index (Phi) is 5.42. The van der Waals surface area contributed by atoms with E-state index in [4.69, 9.17) is 4.74 Å². The summed E-state index contributed by atoms with van der Waals surface area (Å²) in [5.41, 5.74) is 3.47. The van der Waals surface area contributed by atoms with Crippen molar-refractivity contribution in [2.45, 2.75) is 44.0 Å². The maximum Gasteiger partial charge on any atom is 0.123 e. The first kappa shape index (κ1) is 20.0. The van der Waals surface area contributed by atoms with Gasteiger partial charge in [0.1, 0.15) is 36.3 Å². The lowest BCUT2D eigenvalue weighted by Gasteiger charge is -2.40. The van der Waals surface area contributed by atoms with E-state index in [0.717, 1.165) is 22.0 Å². The number of aliphatic hydroxyl groups excluding tert-OH is 4. The van der Waals surface area contributed by atoms with Gasteiger partial charge in [0.05, 0.1) is 6.61 Å². The number of benzene rings is 2. The minimum Gasteiger partial charge on any atom is -0.394 e. The minimum atomic E-state index is -1.44. The molecule has 0 saturated carbocycles. The average molecular weight is 401 g/mol. The van der Waals surface area contributed by atoms with Gasteiger partial charge >= 0.3 is 0 Å². The molecule has 29 heavy (non-hydrogen) atoms. The standard InChI is InChI=1S/C22H24FNO5/c1-12-2-7-17-15(8-12)16(10-24(17)9-13-3-5-14(23)6-4-13)22-21(28)20(27)19(26)18(11-25)29-22/h2-8,10,18-22,25-28H,9,11H2,1H3/t18-,19-,20+,21-,22+/m1/s1. The van der Waals surface area contributed by atoms with Crippen LogP contribution >= 0.6 is 0 Å². The van der Waals surface area contributed by atoms with Gasteiger partial charge < -0.3 is 29.7 Å². The Labute approximate surface area is 167 Å². The smallest absolute Gasteiger partial charge is 0.123 e. The Bertz CT molecular complexity index is 1000. The van der Waals surface area contributed by atoms with Crippen LogP contribution in [0.5, 0.6) is 0 Å². The molecule has 2 aromatic carbocycles. The Morgan fingerprint density at radius 1 is 1.00 bits per heavy atom. The van der Waals surface area contributed by atoms with Crippen LogP contribution in [0.3, 0.4) is 0 Å². The van der Waals surface area contributed by atoms with Crippen LogP contribution in [0.2, 0.25) is 0 Å². The Balaban J connectivity index is 1.78. The molecule has 5 atom stereocenters. The lowest BCUT2D eigenvalue weighted by Crippen LogP contribution is -2.55. The second kappa shape index (κ2) is 7.85. The molecule has 1 saturated heterocycles. The lowest BCUT2D eigenvalue weighted by atomic mass is 9.91. The fourth-order valence-electron chi connectivity index (χ4n) is 3.94. The first-order valence-corrected chi connectivity index (χ1v) is 9.53. The topological polar surface area (TPSA) is 95.1 Å². The van der Waals surface area contributed by atoms with Crippen molar-refractivity contribution in [1.29, 1.82) is 0 Å². The van der Waals surface area contributed by atoms with Crippen LogP contribution in [0.1, 0.15) is 22.8 Å². The molecule has 0 radical (unpaired) electrons. The summed E-state index contributed by atoms with van der Waals surface area (Å²) in [5, 5.41) is 41.2. The number of aryl methyl sites for hydroxylation is 1. The molecule has 1 fully saturated rings. The molecule has 4 N–H and O–H groups in total. The highest BCUT2D eigenvalue weighted by molar-refractivity contribution is 5.85. The first-order valence-electron chi connectivity index (χ1n) is 9.53. The van der Waals surface area contributed by atoms with Crippen molar-refractivity contribution in [3.8, 4) is 0 Å². The highest BCUT2D eigenvalue weighted by Crippen LogP contribution is 2.37. The first-order chi connectivity index (χ1) is 13.9. The second-order valence-electron chi connectivity index (χ2n) is 7.61. The summed E-state index contributed by atoms with van der Waals surface area (Å²) < 4.78 is 21.0. The van der Waals surface area contributed by atoms with Crippen molar-refractivity contribution >= 4 is 10.9 Å². The van der Waals surface area contributed by atoms with E-state index >= 15 is 0 Å². The Morgan fingerprint density at radius 3 is 2.41 bits per heavy atom. The monoisotopic (exact) mass is 401 g/mol. The number of nitrogens with zero attached hydrogens (tertiary/aromatic N) is 1. The Morgan fingerprint density at radius 2 is 1.72 bits per heavy atom. The third-order valence-corrected chi connectivity index (χ3v) is 5.53. The van der Waals surface area contributed by atoms with Crippen LogP contribution < -0.4 is 0 Å². The SMILES string of the molecule is Cc1ccc2c(c1)c([C@@H]1O[C@H](CO)[C@@H](O)[C@H](O)[C@H]1O)cn2Cc1ccc(F)cc1. The van der Waals surface area contributed by atoms with Crippen LogP contribution in [0.25, 0.3) is 10.9 Å². The molecule has 3 aromatic rings. The molecule has 6 nitrogen and oxygen atoms in total. The fraction of sp³-hybridized carbons (Fsp3) is 0.364. The maximum absolute atomic E-state index is 13.2. The van der Waals surface area contributed by atoms with E-state index in [2.05, 4.69) is 0 Å². The summed E-state index contributed by atoms with van der Waals surface area (Å²) >= 11 is 0. The van der Waals surface area contributed by atoms with E-state index in [1.54, 1.807) is 12.1 Å². The minimum absolute atomic E-state index is 0.302. The summed E-state index contributed by atoms with van der Waals surface area (Å²) in [7, 11) is 0. The molecule has 1 aliphatic rings. The predicted octanol–water partition coefficient (Wildman–Crippen LogP) is 1.65. The van der Waals surface area contributed by atoms with Crippen LogP contribution in [0.4, 0.5) is 4.39 Å². The number of ether oxygens (including phenoxy) is 1.